The van der Waals surface area contributed by atoms with Crippen LogP contribution < -0.4 is 26.6 Å². The van der Waals surface area contributed by atoms with Gasteiger partial charge in [-0.25, -0.2) is 8.42 Å². The lowest BCUT2D eigenvalue weighted by molar-refractivity contribution is -0.617. The SMILES string of the molecule is C[Si](C)(C)c1ccc([I+]c2ccc(Cl)cc2)o1.Cc1ccc(S(=O)(=O)[O-])cc1. The molecule has 1 aromatic heterocycles. The van der Waals surface area contributed by atoms with Crippen LogP contribution in [-0.2, 0) is 10.1 Å². The molecule has 150 valence electrons. The van der Waals surface area contributed by atoms with E-state index in [9.17, 15) is 13.0 Å². The van der Waals surface area contributed by atoms with Gasteiger partial charge in [-0.1, -0.05) is 48.9 Å². The summed E-state index contributed by atoms with van der Waals surface area (Å²) in [4.78, 5) is -0.178. The van der Waals surface area contributed by atoms with Crippen molar-refractivity contribution < 1.29 is 38.6 Å². The third kappa shape index (κ3) is 7.36. The highest BCUT2D eigenvalue weighted by Gasteiger charge is 2.26. The fourth-order valence-corrected chi connectivity index (χ4v) is 5.92. The summed E-state index contributed by atoms with van der Waals surface area (Å²) in [5, 5.41) is 1.99. The second-order valence-corrected chi connectivity index (χ2v) is 16.8. The van der Waals surface area contributed by atoms with E-state index in [0.717, 1.165) is 14.4 Å². The van der Waals surface area contributed by atoms with E-state index in [0.29, 0.717) is 0 Å². The summed E-state index contributed by atoms with van der Waals surface area (Å²) in [7, 11) is -5.58. The average Bonchev–Trinajstić information content (AvgIpc) is 3.06. The number of rotatable bonds is 4. The number of furan rings is 1. The van der Waals surface area contributed by atoms with Crippen molar-refractivity contribution >= 4 is 35.2 Å². The highest BCUT2D eigenvalue weighted by Crippen LogP contribution is 2.08. The third-order valence-electron chi connectivity index (χ3n) is 3.63. The smallest absolute Gasteiger partial charge is 0.400 e. The number of benzene rings is 2. The van der Waals surface area contributed by atoms with E-state index >= 15 is 0 Å². The van der Waals surface area contributed by atoms with Gasteiger partial charge in [0.15, 0.2) is 3.57 Å². The number of hydrogen-bond donors (Lipinski definition) is 0. The van der Waals surface area contributed by atoms with Crippen molar-refractivity contribution in [2.75, 3.05) is 0 Å². The Hall–Kier alpha value is -1.13. The Bertz CT molecular complexity index is 1010. The van der Waals surface area contributed by atoms with Crippen LogP contribution in [0, 0.1) is 14.3 Å². The molecule has 0 amide bonds. The van der Waals surface area contributed by atoms with Gasteiger partial charge in [0, 0.05) is 11.1 Å². The van der Waals surface area contributed by atoms with Crippen molar-refractivity contribution in [2.24, 2.45) is 0 Å². The predicted octanol–water partition coefficient (Wildman–Crippen LogP) is 1.51. The summed E-state index contributed by atoms with van der Waals surface area (Å²) in [6.07, 6.45) is 0. The van der Waals surface area contributed by atoms with E-state index in [4.69, 9.17) is 16.0 Å². The molecule has 4 nitrogen and oxygen atoms in total. The van der Waals surface area contributed by atoms with E-state index in [-0.39, 0.29) is 26.1 Å². The molecule has 0 unspecified atom stereocenters. The largest absolute Gasteiger partial charge is 0.744 e. The van der Waals surface area contributed by atoms with Crippen LogP contribution in [0.2, 0.25) is 24.7 Å². The minimum absolute atomic E-state index is 0.178. The van der Waals surface area contributed by atoms with Crippen molar-refractivity contribution in [3.63, 3.8) is 0 Å². The zero-order valence-corrected chi connectivity index (χ0v) is 20.8. The quantitative estimate of drug-likeness (QED) is 0.282. The van der Waals surface area contributed by atoms with Crippen molar-refractivity contribution in [2.45, 2.75) is 31.5 Å². The molecule has 0 saturated heterocycles. The first-order chi connectivity index (χ1) is 12.9. The van der Waals surface area contributed by atoms with Crippen LogP contribution in [0.5, 0.6) is 0 Å². The maximum absolute atomic E-state index is 10.4. The number of halogens is 2. The molecule has 3 rings (SSSR count). The molecule has 0 N–H and O–H groups in total. The van der Waals surface area contributed by atoms with E-state index in [2.05, 4.69) is 43.9 Å². The maximum Gasteiger partial charge on any atom is 0.400 e. The first-order valence-corrected chi connectivity index (χ1v) is 15.9. The summed E-state index contributed by atoms with van der Waals surface area (Å²) < 4.78 is 39.6. The fraction of sp³-hybridized carbons (Fsp3) is 0.200. The van der Waals surface area contributed by atoms with Crippen molar-refractivity contribution in [3.8, 4) is 0 Å². The maximum atomic E-state index is 10.4. The first kappa shape index (κ1) is 23.1. The molecule has 1 heterocycles. The number of hydrogen-bond acceptors (Lipinski definition) is 4. The van der Waals surface area contributed by atoms with Crippen LogP contribution in [0.25, 0.3) is 0 Å². The van der Waals surface area contributed by atoms with Crippen molar-refractivity contribution in [1.29, 1.82) is 0 Å². The van der Waals surface area contributed by atoms with E-state index in [1.807, 2.05) is 19.1 Å². The van der Waals surface area contributed by atoms with E-state index in [1.165, 1.54) is 21.1 Å². The van der Waals surface area contributed by atoms with Crippen LogP contribution in [0.15, 0.2) is 70.0 Å². The molecule has 2 aromatic carbocycles. The molecule has 8 heteroatoms. The average molecular weight is 549 g/mol. The monoisotopic (exact) mass is 548 g/mol. The lowest BCUT2D eigenvalue weighted by Crippen LogP contribution is -3.61. The van der Waals surface area contributed by atoms with Gasteiger partial charge in [-0.15, -0.1) is 0 Å². The van der Waals surface area contributed by atoms with Crippen LogP contribution in [0.4, 0.5) is 0 Å². The first-order valence-electron chi connectivity index (χ1n) is 8.48. The van der Waals surface area contributed by atoms with E-state index < -0.39 is 18.2 Å². The summed E-state index contributed by atoms with van der Waals surface area (Å²) in [5.41, 5.74) is 0.928. The van der Waals surface area contributed by atoms with E-state index in [1.54, 1.807) is 12.1 Å². The zero-order valence-electron chi connectivity index (χ0n) is 16.1. The Morgan fingerprint density at radius 3 is 1.96 bits per heavy atom. The zero-order chi connectivity index (χ0) is 20.9. The van der Waals surface area contributed by atoms with Crippen molar-refractivity contribution in [3.05, 3.63) is 78.6 Å². The lowest BCUT2D eigenvalue weighted by atomic mass is 10.2. The van der Waals surface area contributed by atoms with Gasteiger partial charge in [0.1, 0.15) is 18.2 Å². The molecular formula is C20H22ClIO4SSi. The molecule has 0 spiro atoms. The second-order valence-electron chi connectivity index (χ2n) is 7.15. The van der Waals surface area contributed by atoms with Crippen molar-refractivity contribution in [1.82, 2.24) is 0 Å². The van der Waals surface area contributed by atoms with Gasteiger partial charge in [-0.3, -0.25) is 0 Å². The Balaban J connectivity index is 0.000000221. The molecule has 0 aliphatic heterocycles. The molecule has 0 fully saturated rings. The number of aryl methyl sites for hydroxylation is 1. The van der Waals surface area contributed by atoms with Gasteiger partial charge >= 0.3 is 25.0 Å². The Morgan fingerprint density at radius 2 is 1.50 bits per heavy atom. The highest BCUT2D eigenvalue weighted by atomic mass is 127. The van der Waals surface area contributed by atoms with Gasteiger partial charge in [0.25, 0.3) is 0 Å². The molecule has 0 radical (unpaired) electrons. The molecule has 0 aliphatic rings. The topological polar surface area (TPSA) is 70.3 Å². The molecule has 0 saturated carbocycles. The van der Waals surface area contributed by atoms with Gasteiger partial charge in [0.2, 0.25) is 0 Å². The van der Waals surface area contributed by atoms with Crippen LogP contribution in [-0.4, -0.2) is 21.0 Å². The third-order valence-corrected chi connectivity index (χ3v) is 8.93. The minimum Gasteiger partial charge on any atom is -0.744 e. The standard InChI is InChI=1S/C13H15ClIOSi.C7H8O3S/c1-17(2,3)13-9-8-12(16-13)15-11-6-4-10(14)5-7-11;1-6-2-4-7(5-3-6)11(8,9)10/h4-9H,1-3H3;2-5H,1H3,(H,8,9,10)/q+1;/p-1. The normalized spacial score (nSPS) is 11.6. The molecule has 28 heavy (non-hydrogen) atoms. The van der Waals surface area contributed by atoms with Gasteiger partial charge in [-0.05, 0) is 49.4 Å². The molecular weight excluding hydrogens is 527 g/mol. The second kappa shape index (κ2) is 9.58. The van der Waals surface area contributed by atoms with Crippen LogP contribution in [0.3, 0.4) is 0 Å². The molecule has 0 atom stereocenters. The minimum atomic E-state index is -4.27. The van der Waals surface area contributed by atoms with Gasteiger partial charge in [-0.2, -0.15) is 0 Å². The fourth-order valence-electron chi connectivity index (χ4n) is 2.07. The van der Waals surface area contributed by atoms with Crippen LogP contribution in [0.1, 0.15) is 5.56 Å². The van der Waals surface area contributed by atoms with Gasteiger partial charge in [0.05, 0.1) is 10.3 Å². The predicted molar refractivity (Wildman–Crippen MR) is 110 cm³/mol. The summed E-state index contributed by atoms with van der Waals surface area (Å²) in [6.45, 7) is 8.73. The Morgan fingerprint density at radius 1 is 0.929 bits per heavy atom. The van der Waals surface area contributed by atoms with Gasteiger partial charge < -0.3 is 8.97 Å². The lowest BCUT2D eigenvalue weighted by Gasteiger charge is -2.09. The summed E-state index contributed by atoms with van der Waals surface area (Å²) in [6, 6.07) is 18.1. The highest BCUT2D eigenvalue weighted by molar-refractivity contribution is 7.85. The molecule has 3 aromatic rings. The molecule has 0 bridgehead atoms. The Kier molecular flexibility index (Phi) is 7.92. The summed E-state index contributed by atoms with van der Waals surface area (Å²) >= 11 is 5.66. The van der Waals surface area contributed by atoms with Crippen LogP contribution >= 0.6 is 11.6 Å². The summed E-state index contributed by atoms with van der Waals surface area (Å²) in [5.74, 6) is 0. The Labute approximate surface area is 183 Å². The molecule has 0 aliphatic carbocycles.